The van der Waals surface area contributed by atoms with Crippen molar-refractivity contribution in [3.63, 3.8) is 0 Å². The molecule has 2 aromatic rings. The number of carbonyl (C=O) groups excluding carboxylic acids is 1. The lowest BCUT2D eigenvalue weighted by molar-refractivity contribution is -0.137. The number of aromatic nitrogens is 3. The number of nitrogens with one attached hydrogen (secondary N) is 1. The van der Waals surface area contributed by atoms with Crippen LogP contribution in [0.25, 0.3) is 5.69 Å². The third-order valence-corrected chi connectivity index (χ3v) is 7.01. The Kier molecular flexibility index (Phi) is 7.40. The van der Waals surface area contributed by atoms with Crippen molar-refractivity contribution in [2.75, 3.05) is 12.4 Å². The lowest BCUT2D eigenvalue weighted by Gasteiger charge is -2.20. The van der Waals surface area contributed by atoms with Gasteiger partial charge in [-0.15, -0.1) is 10.2 Å². The first-order valence-corrected chi connectivity index (χ1v) is 12.0. The molecule has 0 spiro atoms. The van der Waals surface area contributed by atoms with Crippen LogP contribution in [0.1, 0.15) is 56.3 Å². The number of nitrogens with zero attached hydrogens (tertiary/aromatic N) is 3. The fourth-order valence-electron chi connectivity index (χ4n) is 4.21. The van der Waals surface area contributed by atoms with E-state index in [4.69, 9.17) is 4.74 Å². The minimum Gasteiger partial charge on any atom is -0.377 e. The Morgan fingerprint density at radius 2 is 1.97 bits per heavy atom. The summed E-state index contributed by atoms with van der Waals surface area (Å²) in [6.45, 7) is 0.836. The predicted octanol–water partition coefficient (Wildman–Crippen LogP) is 4.75. The highest BCUT2D eigenvalue weighted by atomic mass is 32.2. The van der Waals surface area contributed by atoms with Crippen molar-refractivity contribution in [3.8, 4) is 5.69 Å². The van der Waals surface area contributed by atoms with Gasteiger partial charge in [0.2, 0.25) is 5.91 Å². The van der Waals surface area contributed by atoms with Crippen molar-refractivity contribution in [1.29, 1.82) is 0 Å². The standard InChI is InChI=1S/C22H27F3N4O2S/c23-22(24,25)16-8-4-9-17(12-16)29-19(13-26-20(30)15-6-2-1-3-7-15)27-28-21(29)32-14-18-10-5-11-31-18/h4,8-9,12,15,18H,1-3,5-7,10-11,13-14H2,(H,26,30)/t18-/m0/s1. The second-order valence-corrected chi connectivity index (χ2v) is 9.27. The van der Waals surface area contributed by atoms with E-state index in [-0.39, 0.29) is 24.5 Å². The Hall–Kier alpha value is -2.07. The summed E-state index contributed by atoms with van der Waals surface area (Å²) < 4.78 is 47.2. The lowest BCUT2D eigenvalue weighted by atomic mass is 9.89. The molecule has 1 atom stereocenters. The minimum atomic E-state index is -4.45. The van der Waals surface area contributed by atoms with Gasteiger partial charge in [0.25, 0.3) is 0 Å². The Bertz CT molecular complexity index is 922. The molecule has 2 aliphatic rings. The van der Waals surface area contributed by atoms with Gasteiger partial charge in [-0.1, -0.05) is 37.1 Å². The van der Waals surface area contributed by atoms with Gasteiger partial charge >= 0.3 is 6.18 Å². The van der Waals surface area contributed by atoms with Crippen LogP contribution >= 0.6 is 11.8 Å². The maximum absolute atomic E-state index is 13.3. The summed E-state index contributed by atoms with van der Waals surface area (Å²) in [5.74, 6) is 1.01. The number of alkyl halides is 3. The number of thioether (sulfide) groups is 1. The summed E-state index contributed by atoms with van der Waals surface area (Å²) in [4.78, 5) is 12.6. The second kappa shape index (κ2) is 10.2. The zero-order valence-corrected chi connectivity index (χ0v) is 18.6. The molecule has 0 unspecified atom stereocenters. The molecule has 10 heteroatoms. The first kappa shape index (κ1) is 23.1. The average Bonchev–Trinajstić information content (AvgIpc) is 3.46. The number of benzene rings is 1. The van der Waals surface area contributed by atoms with E-state index in [1.54, 1.807) is 10.6 Å². The van der Waals surface area contributed by atoms with Crippen molar-refractivity contribution < 1.29 is 22.7 Å². The third-order valence-electron chi connectivity index (χ3n) is 5.95. The summed E-state index contributed by atoms with van der Waals surface area (Å²) >= 11 is 1.41. The molecule has 1 aliphatic heterocycles. The molecule has 4 rings (SSSR count). The highest BCUT2D eigenvalue weighted by Gasteiger charge is 2.31. The maximum Gasteiger partial charge on any atom is 0.416 e. The number of rotatable bonds is 7. The zero-order valence-electron chi connectivity index (χ0n) is 17.7. The smallest absolute Gasteiger partial charge is 0.377 e. The Morgan fingerprint density at radius 3 is 2.69 bits per heavy atom. The molecular weight excluding hydrogens is 441 g/mol. The van der Waals surface area contributed by atoms with Crippen LogP contribution < -0.4 is 5.32 Å². The van der Waals surface area contributed by atoms with Gasteiger partial charge in [-0.3, -0.25) is 9.36 Å². The van der Waals surface area contributed by atoms with Crippen molar-refractivity contribution in [2.24, 2.45) is 5.92 Å². The van der Waals surface area contributed by atoms with E-state index in [2.05, 4.69) is 15.5 Å². The average molecular weight is 469 g/mol. The normalized spacial score (nSPS) is 19.9. The SMILES string of the molecule is O=C(NCc1nnc(SC[C@@H]2CCCO2)n1-c1cccc(C(F)(F)F)c1)C1CCCCC1. The molecule has 1 aromatic carbocycles. The van der Waals surface area contributed by atoms with Gasteiger partial charge in [0.05, 0.1) is 23.9 Å². The number of amides is 1. The van der Waals surface area contributed by atoms with Gasteiger partial charge in [0.15, 0.2) is 11.0 Å². The van der Waals surface area contributed by atoms with Crippen LogP contribution in [-0.4, -0.2) is 39.1 Å². The van der Waals surface area contributed by atoms with Gasteiger partial charge in [-0.2, -0.15) is 13.2 Å². The van der Waals surface area contributed by atoms with Crippen LogP contribution in [0.4, 0.5) is 13.2 Å². The van der Waals surface area contributed by atoms with Crippen molar-refractivity contribution >= 4 is 17.7 Å². The Morgan fingerprint density at radius 1 is 1.16 bits per heavy atom. The molecule has 1 amide bonds. The minimum absolute atomic E-state index is 0.0120. The number of hydrogen-bond donors (Lipinski definition) is 1. The van der Waals surface area contributed by atoms with Gasteiger partial charge in [-0.25, -0.2) is 0 Å². The molecule has 174 valence electrons. The van der Waals surface area contributed by atoms with E-state index in [0.717, 1.165) is 63.7 Å². The van der Waals surface area contributed by atoms with Gasteiger partial charge < -0.3 is 10.1 Å². The number of hydrogen-bond acceptors (Lipinski definition) is 5. The van der Waals surface area contributed by atoms with Gasteiger partial charge in [-0.05, 0) is 43.9 Å². The van der Waals surface area contributed by atoms with E-state index in [1.165, 1.54) is 17.8 Å². The zero-order chi connectivity index (χ0) is 22.6. The van der Waals surface area contributed by atoms with Crippen LogP contribution in [0.3, 0.4) is 0 Å². The number of halogens is 3. The van der Waals surface area contributed by atoms with Crippen LogP contribution in [0.15, 0.2) is 29.4 Å². The summed E-state index contributed by atoms with van der Waals surface area (Å²) in [6, 6.07) is 5.10. The third kappa shape index (κ3) is 5.64. The summed E-state index contributed by atoms with van der Waals surface area (Å²) in [5, 5.41) is 11.8. The number of carbonyl (C=O) groups is 1. The molecule has 1 saturated carbocycles. The molecule has 2 fully saturated rings. The molecule has 2 heterocycles. The molecule has 1 saturated heterocycles. The van der Waals surface area contributed by atoms with E-state index >= 15 is 0 Å². The molecule has 0 radical (unpaired) electrons. The topological polar surface area (TPSA) is 69.0 Å². The van der Waals surface area contributed by atoms with Gasteiger partial charge in [0, 0.05) is 18.3 Å². The highest BCUT2D eigenvalue weighted by molar-refractivity contribution is 7.99. The predicted molar refractivity (Wildman–Crippen MR) is 114 cm³/mol. The van der Waals surface area contributed by atoms with E-state index < -0.39 is 11.7 Å². The summed E-state index contributed by atoms with van der Waals surface area (Å²) in [7, 11) is 0. The fourth-order valence-corrected chi connectivity index (χ4v) is 5.24. The summed E-state index contributed by atoms with van der Waals surface area (Å²) in [6.07, 6.45) is 2.58. The van der Waals surface area contributed by atoms with Crippen molar-refractivity contribution in [2.45, 2.75) is 68.9 Å². The monoisotopic (exact) mass is 468 g/mol. The Labute approximate surface area is 189 Å². The van der Waals surface area contributed by atoms with E-state index in [0.29, 0.717) is 22.4 Å². The number of ether oxygens (including phenoxy) is 1. The second-order valence-electron chi connectivity index (χ2n) is 8.28. The van der Waals surface area contributed by atoms with Gasteiger partial charge in [0.1, 0.15) is 0 Å². The lowest BCUT2D eigenvalue weighted by Crippen LogP contribution is -2.32. The molecule has 1 N–H and O–H groups in total. The highest BCUT2D eigenvalue weighted by Crippen LogP contribution is 2.32. The molecule has 0 bridgehead atoms. The van der Waals surface area contributed by atoms with Crippen LogP contribution in [0.2, 0.25) is 0 Å². The first-order valence-electron chi connectivity index (χ1n) is 11.1. The van der Waals surface area contributed by atoms with E-state index in [9.17, 15) is 18.0 Å². The molecule has 32 heavy (non-hydrogen) atoms. The fraction of sp³-hybridized carbons (Fsp3) is 0.591. The molecule has 6 nitrogen and oxygen atoms in total. The van der Waals surface area contributed by atoms with Crippen LogP contribution in [0.5, 0.6) is 0 Å². The Balaban J connectivity index is 1.56. The van der Waals surface area contributed by atoms with E-state index in [1.807, 2.05) is 0 Å². The van der Waals surface area contributed by atoms with Crippen LogP contribution in [-0.2, 0) is 22.3 Å². The summed E-state index contributed by atoms with van der Waals surface area (Å²) in [5.41, 5.74) is -0.419. The molecular formula is C22H27F3N4O2S. The van der Waals surface area contributed by atoms with Crippen molar-refractivity contribution in [1.82, 2.24) is 20.1 Å². The van der Waals surface area contributed by atoms with Crippen molar-refractivity contribution in [3.05, 3.63) is 35.7 Å². The largest absolute Gasteiger partial charge is 0.416 e. The first-order chi connectivity index (χ1) is 15.4. The van der Waals surface area contributed by atoms with Crippen LogP contribution in [0, 0.1) is 5.92 Å². The quantitative estimate of drug-likeness (QED) is 0.594. The molecule has 1 aromatic heterocycles. The molecule has 1 aliphatic carbocycles. The maximum atomic E-state index is 13.3.